The predicted octanol–water partition coefficient (Wildman–Crippen LogP) is 1.11. The first-order valence-electron chi connectivity index (χ1n) is 7.21. The van der Waals surface area contributed by atoms with Gasteiger partial charge in [0.2, 0.25) is 0 Å². The second kappa shape index (κ2) is 10.3. The van der Waals surface area contributed by atoms with Gasteiger partial charge in [-0.2, -0.15) is 0 Å². The molecule has 0 aliphatic rings. The summed E-state index contributed by atoms with van der Waals surface area (Å²) in [5, 5.41) is 3.25. The molecule has 0 spiro atoms. The Morgan fingerprint density at radius 3 is 2.57 bits per heavy atom. The molecule has 118 valence electrons. The molecule has 0 fully saturated rings. The lowest BCUT2D eigenvalue weighted by Gasteiger charge is -2.16. The molecule has 1 unspecified atom stereocenters. The molecule has 1 aromatic rings. The first-order valence-corrected chi connectivity index (χ1v) is 7.21. The minimum Gasteiger partial charge on any atom is -0.469 e. The summed E-state index contributed by atoms with van der Waals surface area (Å²) in [6, 6.07) is 9.67. The molecule has 0 aliphatic heterocycles. The summed E-state index contributed by atoms with van der Waals surface area (Å²) in [7, 11) is 5.45. The van der Waals surface area contributed by atoms with Gasteiger partial charge in [0.05, 0.1) is 26.2 Å². The Morgan fingerprint density at radius 1 is 1.24 bits per heavy atom. The van der Waals surface area contributed by atoms with Crippen molar-refractivity contribution in [2.75, 3.05) is 54.1 Å². The molecule has 1 rings (SSSR count). The first-order chi connectivity index (χ1) is 10.1. The minimum atomic E-state index is -0.280. The van der Waals surface area contributed by atoms with Crippen molar-refractivity contribution in [1.29, 1.82) is 0 Å². The lowest BCUT2D eigenvalue weighted by atomic mass is 9.99. The summed E-state index contributed by atoms with van der Waals surface area (Å²) in [6.07, 6.45) is 0. The molecule has 1 aromatic carbocycles. The largest absolute Gasteiger partial charge is 0.469 e. The topological polar surface area (TPSA) is 50.8 Å². The van der Waals surface area contributed by atoms with E-state index in [4.69, 9.17) is 9.47 Å². The second-order valence-electron chi connectivity index (χ2n) is 5.11. The molecule has 0 aliphatic carbocycles. The highest BCUT2D eigenvalue weighted by atomic mass is 16.5. The van der Waals surface area contributed by atoms with Crippen LogP contribution in [0.1, 0.15) is 11.5 Å². The average Bonchev–Trinajstić information content (AvgIpc) is 2.50. The lowest BCUT2D eigenvalue weighted by molar-refractivity contribution is -0.142. The van der Waals surface area contributed by atoms with Crippen molar-refractivity contribution in [3.05, 3.63) is 35.9 Å². The monoisotopic (exact) mass is 294 g/mol. The number of methoxy groups -OCH3 is 1. The molecule has 0 saturated heterocycles. The fraction of sp³-hybridized carbons (Fsp3) is 0.562. The number of carbonyl (C=O) groups is 1. The number of esters is 1. The van der Waals surface area contributed by atoms with Crippen molar-refractivity contribution in [3.63, 3.8) is 0 Å². The van der Waals surface area contributed by atoms with Crippen LogP contribution in [0.5, 0.6) is 0 Å². The fourth-order valence-electron chi connectivity index (χ4n) is 1.90. The van der Waals surface area contributed by atoms with Crippen LogP contribution in [0.15, 0.2) is 30.3 Å². The van der Waals surface area contributed by atoms with Crippen LogP contribution in [0.4, 0.5) is 0 Å². The van der Waals surface area contributed by atoms with Crippen LogP contribution >= 0.6 is 0 Å². The van der Waals surface area contributed by atoms with Gasteiger partial charge in [0, 0.05) is 19.6 Å². The van der Waals surface area contributed by atoms with Crippen LogP contribution in [-0.4, -0.2) is 64.9 Å². The maximum atomic E-state index is 11.9. The molecule has 0 aromatic heterocycles. The SMILES string of the molecule is COC(=O)C(CNCCOCCN(C)C)c1ccccc1. The summed E-state index contributed by atoms with van der Waals surface area (Å²) < 4.78 is 10.4. The normalized spacial score (nSPS) is 12.4. The number of likely N-dealkylation sites (N-methyl/N-ethyl adjacent to an activating group) is 1. The Labute approximate surface area is 127 Å². The molecule has 5 heteroatoms. The predicted molar refractivity (Wildman–Crippen MR) is 83.4 cm³/mol. The number of hydrogen-bond donors (Lipinski definition) is 1. The summed E-state index contributed by atoms with van der Waals surface area (Å²) in [5.74, 6) is -0.500. The Morgan fingerprint density at radius 2 is 1.95 bits per heavy atom. The smallest absolute Gasteiger partial charge is 0.314 e. The first kappa shape index (κ1) is 17.6. The van der Waals surface area contributed by atoms with Gasteiger partial charge in [0.1, 0.15) is 0 Å². The van der Waals surface area contributed by atoms with Crippen LogP contribution in [0.25, 0.3) is 0 Å². The third kappa shape index (κ3) is 7.22. The maximum Gasteiger partial charge on any atom is 0.314 e. The molecule has 0 amide bonds. The summed E-state index contributed by atoms with van der Waals surface area (Å²) in [4.78, 5) is 13.9. The van der Waals surface area contributed by atoms with Gasteiger partial charge in [-0.25, -0.2) is 0 Å². The number of rotatable bonds is 10. The molecule has 5 nitrogen and oxygen atoms in total. The zero-order valence-corrected chi connectivity index (χ0v) is 13.2. The molecule has 0 radical (unpaired) electrons. The number of ether oxygens (including phenoxy) is 2. The van der Waals surface area contributed by atoms with Crippen molar-refractivity contribution in [1.82, 2.24) is 10.2 Å². The van der Waals surface area contributed by atoms with Gasteiger partial charge in [0.25, 0.3) is 0 Å². The van der Waals surface area contributed by atoms with Crippen molar-refractivity contribution < 1.29 is 14.3 Å². The fourth-order valence-corrected chi connectivity index (χ4v) is 1.90. The quantitative estimate of drug-likeness (QED) is 0.517. The number of carbonyl (C=O) groups excluding carboxylic acids is 1. The summed E-state index contributed by atoms with van der Waals surface area (Å²) in [5.41, 5.74) is 0.963. The summed E-state index contributed by atoms with van der Waals surface area (Å²) >= 11 is 0. The third-order valence-electron chi connectivity index (χ3n) is 3.14. The minimum absolute atomic E-state index is 0.220. The van der Waals surface area contributed by atoms with Gasteiger partial charge < -0.3 is 19.7 Å². The Balaban J connectivity index is 2.30. The van der Waals surface area contributed by atoms with Gasteiger partial charge in [-0.15, -0.1) is 0 Å². The zero-order chi connectivity index (χ0) is 15.5. The van der Waals surface area contributed by atoms with E-state index < -0.39 is 0 Å². The number of benzene rings is 1. The molecular weight excluding hydrogens is 268 g/mol. The molecule has 1 atom stereocenters. The van der Waals surface area contributed by atoms with Gasteiger partial charge in [-0.05, 0) is 19.7 Å². The van der Waals surface area contributed by atoms with E-state index in [2.05, 4.69) is 10.2 Å². The van der Waals surface area contributed by atoms with Crippen molar-refractivity contribution in [2.24, 2.45) is 0 Å². The van der Waals surface area contributed by atoms with Crippen LogP contribution in [0, 0.1) is 0 Å². The van der Waals surface area contributed by atoms with Crippen molar-refractivity contribution >= 4 is 5.97 Å². The molecule has 0 bridgehead atoms. The van der Waals surface area contributed by atoms with Gasteiger partial charge >= 0.3 is 5.97 Å². The van der Waals surface area contributed by atoms with Crippen LogP contribution in [-0.2, 0) is 14.3 Å². The number of hydrogen-bond acceptors (Lipinski definition) is 5. The van der Waals surface area contributed by atoms with Crippen LogP contribution < -0.4 is 5.32 Å². The number of nitrogens with zero attached hydrogens (tertiary/aromatic N) is 1. The van der Waals surface area contributed by atoms with E-state index in [9.17, 15) is 4.79 Å². The van der Waals surface area contributed by atoms with E-state index in [0.29, 0.717) is 26.3 Å². The Bertz CT molecular complexity index is 396. The Hall–Kier alpha value is -1.43. The second-order valence-corrected chi connectivity index (χ2v) is 5.11. The van der Waals surface area contributed by atoms with Gasteiger partial charge in [0.15, 0.2) is 0 Å². The average molecular weight is 294 g/mol. The molecule has 0 saturated carbocycles. The van der Waals surface area contributed by atoms with Gasteiger partial charge in [-0.1, -0.05) is 30.3 Å². The highest BCUT2D eigenvalue weighted by molar-refractivity contribution is 5.78. The molecule has 0 heterocycles. The van der Waals surface area contributed by atoms with E-state index in [-0.39, 0.29) is 11.9 Å². The standard InChI is InChI=1S/C16H26N2O3/c1-18(2)10-12-21-11-9-17-13-15(16(19)20-3)14-7-5-4-6-8-14/h4-8,15,17H,9-13H2,1-3H3. The van der Waals surface area contributed by atoms with E-state index in [1.165, 1.54) is 7.11 Å². The summed E-state index contributed by atoms with van der Waals surface area (Å²) in [6.45, 7) is 3.53. The zero-order valence-electron chi connectivity index (χ0n) is 13.2. The maximum absolute atomic E-state index is 11.9. The van der Waals surface area contributed by atoms with E-state index in [1.54, 1.807) is 0 Å². The van der Waals surface area contributed by atoms with Crippen molar-refractivity contribution in [3.8, 4) is 0 Å². The van der Waals surface area contributed by atoms with E-state index >= 15 is 0 Å². The number of nitrogens with one attached hydrogen (secondary N) is 1. The highest BCUT2D eigenvalue weighted by Gasteiger charge is 2.20. The van der Waals surface area contributed by atoms with Crippen molar-refractivity contribution in [2.45, 2.75) is 5.92 Å². The van der Waals surface area contributed by atoms with E-state index in [0.717, 1.165) is 12.1 Å². The molecule has 1 N–H and O–H groups in total. The Kier molecular flexibility index (Phi) is 8.66. The van der Waals surface area contributed by atoms with Gasteiger partial charge in [-0.3, -0.25) is 4.79 Å². The highest BCUT2D eigenvalue weighted by Crippen LogP contribution is 2.15. The van der Waals surface area contributed by atoms with Crippen LogP contribution in [0.3, 0.4) is 0 Å². The lowest BCUT2D eigenvalue weighted by Crippen LogP contribution is -2.30. The van der Waals surface area contributed by atoms with E-state index in [1.807, 2.05) is 44.4 Å². The molecular formula is C16H26N2O3. The van der Waals surface area contributed by atoms with Crippen LogP contribution in [0.2, 0.25) is 0 Å². The molecule has 21 heavy (non-hydrogen) atoms. The third-order valence-corrected chi connectivity index (χ3v) is 3.14.